The molecule has 0 heterocycles. The van der Waals surface area contributed by atoms with Crippen LogP contribution >= 0.6 is 39.1 Å². The molecule has 94 valence electrons. The predicted octanol–water partition coefficient (Wildman–Crippen LogP) is 4.92. The summed E-state index contributed by atoms with van der Waals surface area (Å²) in [5.41, 5.74) is 7.20. The fourth-order valence-electron chi connectivity index (χ4n) is 1.44. The van der Waals surface area contributed by atoms with Crippen molar-refractivity contribution in [1.82, 2.24) is 0 Å². The van der Waals surface area contributed by atoms with Crippen LogP contribution in [0.4, 0.5) is 5.69 Å². The molecule has 0 spiro atoms. The molecule has 0 radical (unpaired) electrons. The van der Waals surface area contributed by atoms with Crippen molar-refractivity contribution in [1.29, 1.82) is 0 Å². The Bertz CT molecular complexity index is 575. The molecule has 0 unspecified atom stereocenters. The van der Waals surface area contributed by atoms with E-state index in [1.54, 1.807) is 18.2 Å². The van der Waals surface area contributed by atoms with Gasteiger partial charge in [0.25, 0.3) is 0 Å². The van der Waals surface area contributed by atoms with Gasteiger partial charge in [0, 0.05) is 4.47 Å². The summed E-state index contributed by atoms with van der Waals surface area (Å²) in [6, 6.07) is 10.9. The molecule has 0 aliphatic rings. The number of benzene rings is 2. The van der Waals surface area contributed by atoms with Crippen molar-refractivity contribution in [3.8, 4) is 5.75 Å². The lowest BCUT2D eigenvalue weighted by atomic mass is 10.2. The van der Waals surface area contributed by atoms with Crippen LogP contribution in [-0.4, -0.2) is 0 Å². The Morgan fingerprint density at radius 2 is 1.83 bits per heavy atom. The second-order valence-corrected chi connectivity index (χ2v) is 5.45. The minimum Gasteiger partial charge on any atom is -0.487 e. The van der Waals surface area contributed by atoms with E-state index in [0.717, 1.165) is 10.0 Å². The summed E-state index contributed by atoms with van der Waals surface area (Å²) in [5.74, 6) is 0.633. The van der Waals surface area contributed by atoms with E-state index >= 15 is 0 Å². The van der Waals surface area contributed by atoms with Gasteiger partial charge in [-0.2, -0.15) is 0 Å². The van der Waals surface area contributed by atoms with Crippen LogP contribution in [0, 0.1) is 0 Å². The number of hydrogen-bond acceptors (Lipinski definition) is 2. The zero-order valence-corrected chi connectivity index (χ0v) is 12.4. The third-order valence-corrected chi connectivity index (χ3v) is 3.48. The number of ether oxygens (including phenoxy) is 1. The van der Waals surface area contributed by atoms with Crippen LogP contribution in [0.3, 0.4) is 0 Å². The fraction of sp³-hybridized carbons (Fsp3) is 0.0769. The van der Waals surface area contributed by atoms with Crippen molar-refractivity contribution in [2.24, 2.45) is 0 Å². The number of halogens is 3. The first kappa shape index (κ1) is 13.5. The second-order valence-electron chi connectivity index (χ2n) is 3.72. The van der Waals surface area contributed by atoms with E-state index in [1.807, 2.05) is 18.2 Å². The molecular weight excluding hydrogens is 337 g/mol. The van der Waals surface area contributed by atoms with Gasteiger partial charge in [0.15, 0.2) is 0 Å². The molecule has 0 amide bonds. The molecule has 0 fully saturated rings. The molecular formula is C13H10BrCl2NO. The maximum absolute atomic E-state index is 6.05. The van der Waals surface area contributed by atoms with Gasteiger partial charge in [-0.3, -0.25) is 0 Å². The van der Waals surface area contributed by atoms with E-state index in [9.17, 15) is 0 Å². The molecule has 0 aliphatic carbocycles. The summed E-state index contributed by atoms with van der Waals surface area (Å²) in [7, 11) is 0. The lowest BCUT2D eigenvalue weighted by molar-refractivity contribution is 0.306. The third kappa shape index (κ3) is 3.31. The van der Waals surface area contributed by atoms with Gasteiger partial charge in [0.2, 0.25) is 0 Å². The number of anilines is 1. The summed E-state index contributed by atoms with van der Waals surface area (Å²) in [5, 5.41) is 1.10. The first-order valence-corrected chi connectivity index (χ1v) is 6.73. The van der Waals surface area contributed by atoms with E-state index in [0.29, 0.717) is 28.1 Å². The van der Waals surface area contributed by atoms with E-state index in [1.165, 1.54) is 0 Å². The highest BCUT2D eigenvalue weighted by atomic mass is 79.9. The lowest BCUT2D eigenvalue weighted by Gasteiger charge is -2.09. The summed E-state index contributed by atoms with van der Waals surface area (Å²) >= 11 is 15.2. The molecule has 2 rings (SSSR count). The van der Waals surface area contributed by atoms with Crippen LogP contribution in [0.5, 0.6) is 5.75 Å². The number of hydrogen-bond donors (Lipinski definition) is 1. The molecule has 0 aromatic heterocycles. The Kier molecular flexibility index (Phi) is 4.38. The summed E-state index contributed by atoms with van der Waals surface area (Å²) < 4.78 is 6.53. The smallest absolute Gasteiger partial charge is 0.138 e. The van der Waals surface area contributed by atoms with Crippen molar-refractivity contribution in [2.75, 3.05) is 5.73 Å². The molecule has 0 saturated carbocycles. The van der Waals surface area contributed by atoms with Crippen LogP contribution in [0.25, 0.3) is 0 Å². The highest BCUT2D eigenvalue weighted by molar-refractivity contribution is 9.10. The first-order valence-electron chi connectivity index (χ1n) is 5.18. The SMILES string of the molecule is Nc1cc(COc2ccc(Br)cc2Cl)ccc1Cl. The monoisotopic (exact) mass is 345 g/mol. The Morgan fingerprint density at radius 3 is 2.50 bits per heavy atom. The van der Waals surface area contributed by atoms with Crippen LogP contribution < -0.4 is 10.5 Å². The van der Waals surface area contributed by atoms with Gasteiger partial charge in [-0.05, 0) is 35.9 Å². The molecule has 18 heavy (non-hydrogen) atoms. The van der Waals surface area contributed by atoms with Gasteiger partial charge in [0.1, 0.15) is 12.4 Å². The van der Waals surface area contributed by atoms with E-state index < -0.39 is 0 Å². The zero-order valence-electron chi connectivity index (χ0n) is 9.29. The first-order chi connectivity index (χ1) is 8.56. The molecule has 2 aromatic rings. The van der Waals surface area contributed by atoms with Crippen molar-refractivity contribution in [3.63, 3.8) is 0 Å². The van der Waals surface area contributed by atoms with Crippen molar-refractivity contribution in [2.45, 2.75) is 6.61 Å². The average molecular weight is 347 g/mol. The maximum atomic E-state index is 6.05. The van der Waals surface area contributed by atoms with Gasteiger partial charge in [-0.1, -0.05) is 45.2 Å². The Hall–Kier alpha value is -0.900. The average Bonchev–Trinajstić information content (AvgIpc) is 2.32. The van der Waals surface area contributed by atoms with Gasteiger partial charge >= 0.3 is 0 Å². The number of nitrogens with two attached hydrogens (primary N) is 1. The van der Waals surface area contributed by atoms with E-state index in [2.05, 4.69) is 15.9 Å². The summed E-state index contributed by atoms with van der Waals surface area (Å²) in [6.45, 7) is 0.392. The highest BCUT2D eigenvalue weighted by Crippen LogP contribution is 2.28. The molecule has 5 heteroatoms. The summed E-state index contributed by atoms with van der Waals surface area (Å²) in [4.78, 5) is 0. The fourth-order valence-corrected chi connectivity index (χ4v) is 2.28. The van der Waals surface area contributed by atoms with Crippen LogP contribution in [-0.2, 0) is 6.61 Å². The molecule has 0 aliphatic heterocycles. The predicted molar refractivity (Wildman–Crippen MR) is 79.3 cm³/mol. The molecule has 2 nitrogen and oxygen atoms in total. The molecule has 0 atom stereocenters. The molecule has 2 aromatic carbocycles. The normalized spacial score (nSPS) is 10.4. The molecule has 0 bridgehead atoms. The third-order valence-electron chi connectivity index (χ3n) is 2.35. The Balaban J connectivity index is 2.09. The van der Waals surface area contributed by atoms with Crippen LogP contribution in [0.1, 0.15) is 5.56 Å². The van der Waals surface area contributed by atoms with Crippen molar-refractivity contribution < 1.29 is 4.74 Å². The van der Waals surface area contributed by atoms with Gasteiger partial charge < -0.3 is 10.5 Å². The van der Waals surface area contributed by atoms with Crippen molar-refractivity contribution >= 4 is 44.8 Å². The zero-order chi connectivity index (χ0) is 13.1. The minimum atomic E-state index is 0.392. The largest absolute Gasteiger partial charge is 0.487 e. The van der Waals surface area contributed by atoms with E-state index in [-0.39, 0.29) is 0 Å². The van der Waals surface area contributed by atoms with Gasteiger partial charge in [-0.25, -0.2) is 0 Å². The standard InChI is InChI=1S/C13H10BrCl2NO/c14-9-2-4-13(11(16)6-9)18-7-8-1-3-10(15)12(17)5-8/h1-6H,7,17H2. The Morgan fingerprint density at radius 1 is 1.06 bits per heavy atom. The Labute approximate surface area is 124 Å². The minimum absolute atomic E-state index is 0.392. The number of nitrogen functional groups attached to an aromatic ring is 1. The highest BCUT2D eigenvalue weighted by Gasteiger charge is 2.04. The molecule has 0 saturated heterocycles. The lowest BCUT2D eigenvalue weighted by Crippen LogP contribution is -1.97. The quantitative estimate of drug-likeness (QED) is 0.801. The van der Waals surface area contributed by atoms with Gasteiger partial charge in [-0.15, -0.1) is 0 Å². The van der Waals surface area contributed by atoms with Crippen LogP contribution in [0.2, 0.25) is 10.0 Å². The maximum Gasteiger partial charge on any atom is 0.138 e. The van der Waals surface area contributed by atoms with Gasteiger partial charge in [0.05, 0.1) is 15.7 Å². The molecule has 2 N–H and O–H groups in total. The second kappa shape index (κ2) is 5.83. The van der Waals surface area contributed by atoms with E-state index in [4.69, 9.17) is 33.7 Å². The summed E-state index contributed by atoms with van der Waals surface area (Å²) in [6.07, 6.45) is 0. The topological polar surface area (TPSA) is 35.2 Å². The number of rotatable bonds is 3. The van der Waals surface area contributed by atoms with Crippen LogP contribution in [0.15, 0.2) is 40.9 Å². The van der Waals surface area contributed by atoms with Crippen molar-refractivity contribution in [3.05, 3.63) is 56.5 Å².